The van der Waals surface area contributed by atoms with Gasteiger partial charge >= 0.3 is 6.18 Å². The molecule has 2 aliphatic rings. The lowest BCUT2D eigenvalue weighted by atomic mass is 9.73. The van der Waals surface area contributed by atoms with E-state index in [1.165, 1.54) is 18.2 Å². The van der Waals surface area contributed by atoms with Crippen LogP contribution < -0.4 is 0 Å². The van der Waals surface area contributed by atoms with Crippen LogP contribution in [0, 0.1) is 17.5 Å². The Hall–Kier alpha value is -2.73. The van der Waals surface area contributed by atoms with E-state index in [4.69, 9.17) is 9.47 Å². The van der Waals surface area contributed by atoms with Crippen molar-refractivity contribution in [2.24, 2.45) is 0 Å². The Morgan fingerprint density at radius 3 is 2.17 bits per heavy atom. The fourth-order valence-electron chi connectivity index (χ4n) is 6.90. The third kappa shape index (κ3) is 7.19. The zero-order valence-corrected chi connectivity index (χ0v) is 26.6. The van der Waals surface area contributed by atoms with Crippen molar-refractivity contribution in [3.05, 3.63) is 71.2 Å². The molecule has 0 radical (unpaired) electrons. The van der Waals surface area contributed by atoms with E-state index >= 15 is 0 Å². The van der Waals surface area contributed by atoms with Crippen LogP contribution in [0.5, 0.6) is 0 Å². The molecular weight excluding hydrogens is 656 g/mol. The molecule has 1 aromatic heterocycles. The van der Waals surface area contributed by atoms with Gasteiger partial charge in [-0.05, 0) is 51.5 Å². The molecule has 3 heterocycles. The van der Waals surface area contributed by atoms with Crippen molar-refractivity contribution in [3.8, 4) is 11.3 Å². The fraction of sp³-hybridized carbons (Fsp3) is 0.548. The van der Waals surface area contributed by atoms with Crippen LogP contribution in [0.15, 0.2) is 42.6 Å². The van der Waals surface area contributed by atoms with Gasteiger partial charge in [-0.1, -0.05) is 23.4 Å². The molecule has 16 heteroatoms. The minimum atomic E-state index is -4.81. The molecule has 5 rings (SSSR count). The van der Waals surface area contributed by atoms with E-state index < -0.39 is 87.6 Å². The average Bonchev–Trinajstić information content (AvgIpc) is 3.43. The van der Waals surface area contributed by atoms with Crippen LogP contribution >= 0.6 is 11.8 Å². The van der Waals surface area contributed by atoms with Gasteiger partial charge in [-0.2, -0.15) is 13.2 Å². The van der Waals surface area contributed by atoms with Gasteiger partial charge in [-0.25, -0.2) is 17.9 Å². The van der Waals surface area contributed by atoms with Crippen LogP contribution in [0.2, 0.25) is 0 Å². The number of nitrogens with zero attached hydrogens (tertiary/aromatic N) is 3. The van der Waals surface area contributed by atoms with Crippen molar-refractivity contribution in [1.29, 1.82) is 0 Å². The molecule has 2 fully saturated rings. The maximum atomic E-state index is 14.4. The number of hydrogen-bond acceptors (Lipinski definition) is 9. The second-order valence-electron chi connectivity index (χ2n) is 13.2. The Balaban J connectivity index is 1.56. The second-order valence-corrected chi connectivity index (χ2v) is 14.4. The molecule has 0 saturated carbocycles. The van der Waals surface area contributed by atoms with Crippen LogP contribution in [0.4, 0.5) is 26.3 Å². The molecule has 1 unspecified atom stereocenters. The van der Waals surface area contributed by atoms with Crippen molar-refractivity contribution in [3.63, 3.8) is 0 Å². The first kappa shape index (κ1) is 35.6. The number of benzene rings is 2. The molecule has 9 nitrogen and oxygen atoms in total. The molecule has 0 spiro atoms. The van der Waals surface area contributed by atoms with Gasteiger partial charge in [0.1, 0.15) is 35.5 Å². The molecule has 0 amide bonds. The monoisotopic (exact) mass is 691 g/mol. The molecule has 6 atom stereocenters. The van der Waals surface area contributed by atoms with E-state index in [-0.39, 0.29) is 29.7 Å². The van der Waals surface area contributed by atoms with Crippen LogP contribution in [0.1, 0.15) is 63.0 Å². The first-order chi connectivity index (χ1) is 21.7. The summed E-state index contributed by atoms with van der Waals surface area (Å²) in [4.78, 5) is 0. The average molecular weight is 692 g/mol. The number of aromatic nitrogens is 3. The van der Waals surface area contributed by atoms with Crippen molar-refractivity contribution >= 4 is 11.8 Å². The molecule has 2 aliphatic heterocycles. The van der Waals surface area contributed by atoms with Gasteiger partial charge in [-0.15, -0.1) is 16.9 Å². The summed E-state index contributed by atoms with van der Waals surface area (Å²) in [5.41, 5.74) is -6.90. The van der Waals surface area contributed by atoms with E-state index in [0.29, 0.717) is 23.9 Å². The molecule has 0 aliphatic carbocycles. The molecule has 2 aromatic carbocycles. The number of rotatable bonds is 7. The number of ether oxygens (including phenoxy) is 2. The highest BCUT2D eigenvalue weighted by atomic mass is 32.2. The normalized spacial score (nSPS) is 27.8. The summed E-state index contributed by atoms with van der Waals surface area (Å²) in [6.07, 6.45) is -8.64. The van der Waals surface area contributed by atoms with Gasteiger partial charge in [0.15, 0.2) is 17.5 Å². The minimum Gasteiger partial charge on any atom is -0.394 e. The number of hydrogen-bond donors (Lipinski definition) is 4. The molecule has 47 heavy (non-hydrogen) atoms. The van der Waals surface area contributed by atoms with Gasteiger partial charge in [0.05, 0.1) is 40.4 Å². The van der Waals surface area contributed by atoms with E-state index in [1.54, 1.807) is 27.7 Å². The van der Waals surface area contributed by atoms with Crippen molar-refractivity contribution in [2.75, 3.05) is 6.61 Å². The Morgan fingerprint density at radius 2 is 1.60 bits per heavy atom. The van der Waals surface area contributed by atoms with Crippen LogP contribution in [-0.2, 0) is 15.7 Å². The van der Waals surface area contributed by atoms with Gasteiger partial charge in [0, 0.05) is 18.4 Å². The summed E-state index contributed by atoms with van der Waals surface area (Å²) in [6.45, 7) is 6.05. The summed E-state index contributed by atoms with van der Waals surface area (Å²) < 4.78 is 97.4. The summed E-state index contributed by atoms with van der Waals surface area (Å²) in [7, 11) is 0. The first-order valence-electron chi connectivity index (χ1n) is 14.7. The molecule has 2 saturated heterocycles. The van der Waals surface area contributed by atoms with Crippen LogP contribution in [0.3, 0.4) is 0 Å². The Kier molecular flexibility index (Phi) is 9.55. The van der Waals surface area contributed by atoms with Gasteiger partial charge in [-0.3, -0.25) is 0 Å². The Morgan fingerprint density at radius 1 is 1.00 bits per heavy atom. The third-order valence-corrected chi connectivity index (χ3v) is 9.89. The Bertz CT molecular complexity index is 1560. The number of halogens is 6. The highest BCUT2D eigenvalue weighted by Crippen LogP contribution is 2.55. The van der Waals surface area contributed by atoms with E-state index in [2.05, 4.69) is 10.3 Å². The van der Waals surface area contributed by atoms with Crippen molar-refractivity contribution < 1.29 is 56.2 Å². The van der Waals surface area contributed by atoms with E-state index in [0.717, 1.165) is 16.9 Å². The maximum Gasteiger partial charge on any atom is 0.416 e. The lowest BCUT2D eigenvalue weighted by Crippen LogP contribution is -2.58. The van der Waals surface area contributed by atoms with Crippen LogP contribution in [-0.4, -0.2) is 82.6 Å². The fourth-order valence-corrected chi connectivity index (χ4v) is 8.47. The van der Waals surface area contributed by atoms with E-state index in [1.807, 2.05) is 0 Å². The lowest BCUT2D eigenvalue weighted by Gasteiger charge is -2.53. The molecular formula is C31H35F6N3O6S. The summed E-state index contributed by atoms with van der Waals surface area (Å²) >= 11 is 0.690. The molecule has 258 valence electrons. The standard InChI is InChI=1S/C31H35F6N3O6S/c1-28(2)13-30(44,14-29(3,4)46-28)26(16-7-5-6-8-17(16)31(35,36)37)47-27-25(43)23(24(42)21(12-41)45-27)40-11-20(38-39-40)15-9-18(32)22(34)19(33)10-15/h5-11,21,23-27,41-44H,12-14H2,1-4H3/t21-,23+,24+,25-,26?,27+/m1/s1. The molecule has 0 bridgehead atoms. The van der Waals surface area contributed by atoms with Gasteiger partial charge in [0.2, 0.25) is 0 Å². The molecule has 4 N–H and O–H groups in total. The second kappa shape index (κ2) is 12.6. The smallest absolute Gasteiger partial charge is 0.394 e. The summed E-state index contributed by atoms with van der Waals surface area (Å²) in [5, 5.41) is 51.4. The highest BCUT2D eigenvalue weighted by Gasteiger charge is 2.56. The maximum absolute atomic E-state index is 14.4. The number of thioether (sulfide) groups is 1. The lowest BCUT2D eigenvalue weighted by molar-refractivity contribution is -0.220. The van der Waals surface area contributed by atoms with Crippen molar-refractivity contribution in [2.45, 2.75) is 98.6 Å². The van der Waals surface area contributed by atoms with Crippen molar-refractivity contribution in [1.82, 2.24) is 15.0 Å². The first-order valence-corrected chi connectivity index (χ1v) is 15.6. The van der Waals surface area contributed by atoms with E-state index in [9.17, 15) is 46.8 Å². The number of aliphatic hydroxyl groups excluding tert-OH is 3. The van der Waals surface area contributed by atoms with Gasteiger partial charge in [0.25, 0.3) is 0 Å². The minimum absolute atomic E-state index is 0.0944. The predicted molar refractivity (Wildman–Crippen MR) is 157 cm³/mol. The SMILES string of the molecule is CC1(C)CC(O)(C(S[C@@H]2O[C@H](CO)[C@H](O)[C@H](n3cc(-c4cc(F)c(F)c(F)c4)nn3)[C@H]2O)c2ccccc2C(F)(F)F)CC(C)(C)O1. The zero-order chi connectivity index (χ0) is 34.7. The zero-order valence-electron chi connectivity index (χ0n) is 25.7. The number of aliphatic hydroxyl groups is 4. The predicted octanol–water partition coefficient (Wildman–Crippen LogP) is 4.93. The Labute approximate surface area is 270 Å². The molecule has 3 aromatic rings. The topological polar surface area (TPSA) is 130 Å². The van der Waals surface area contributed by atoms with Crippen LogP contribution in [0.25, 0.3) is 11.3 Å². The quantitative estimate of drug-likeness (QED) is 0.201. The van der Waals surface area contributed by atoms with Gasteiger partial charge < -0.3 is 29.9 Å². The summed E-state index contributed by atoms with van der Waals surface area (Å²) in [6, 6.07) is 4.67. The largest absolute Gasteiger partial charge is 0.416 e. The highest BCUT2D eigenvalue weighted by molar-refractivity contribution is 8.00. The third-order valence-electron chi connectivity index (χ3n) is 8.27. The number of alkyl halides is 3. The summed E-state index contributed by atoms with van der Waals surface area (Å²) in [5.74, 6) is -4.66.